The summed E-state index contributed by atoms with van der Waals surface area (Å²) in [5.74, 6) is 0.754. The van der Waals surface area contributed by atoms with Gasteiger partial charge in [-0.1, -0.05) is 18.2 Å². The average molecular weight is 284 g/mol. The van der Waals surface area contributed by atoms with Gasteiger partial charge in [0.15, 0.2) is 0 Å². The molecule has 1 aromatic heterocycles. The first kappa shape index (κ1) is 15.0. The molecule has 0 aliphatic rings. The smallest absolute Gasteiger partial charge is 0.251 e. The van der Waals surface area contributed by atoms with Gasteiger partial charge in [-0.3, -0.25) is 4.79 Å². The van der Waals surface area contributed by atoms with Crippen LogP contribution in [0.25, 0.3) is 0 Å². The summed E-state index contributed by atoms with van der Waals surface area (Å²) in [6.45, 7) is 0.877. The Balaban J connectivity index is 1.98. The van der Waals surface area contributed by atoms with Crippen LogP contribution in [0.2, 0.25) is 0 Å². The number of amides is 1. The highest BCUT2D eigenvalue weighted by Gasteiger charge is 2.06. The summed E-state index contributed by atoms with van der Waals surface area (Å²) in [5, 5.41) is 2.87. The van der Waals surface area contributed by atoms with Crippen molar-refractivity contribution in [3.05, 3.63) is 59.3 Å². The minimum Gasteiger partial charge on any atom is -0.363 e. The van der Waals surface area contributed by atoms with Crippen LogP contribution in [0.3, 0.4) is 0 Å². The molecule has 2 rings (SSSR count). The van der Waals surface area contributed by atoms with Crippen molar-refractivity contribution in [3.63, 3.8) is 0 Å². The number of benzene rings is 1. The maximum Gasteiger partial charge on any atom is 0.251 e. The minimum absolute atomic E-state index is 0.115. The number of nitrogens with zero attached hydrogens (tertiary/aromatic N) is 2. The van der Waals surface area contributed by atoms with Gasteiger partial charge in [-0.25, -0.2) is 4.98 Å². The molecule has 0 aliphatic carbocycles. The van der Waals surface area contributed by atoms with Gasteiger partial charge in [0.25, 0.3) is 5.91 Å². The molecule has 2 aromatic rings. The second kappa shape index (κ2) is 6.85. The molecule has 110 valence electrons. The van der Waals surface area contributed by atoms with Crippen molar-refractivity contribution >= 4 is 11.7 Å². The fraction of sp³-hybridized carbons (Fsp3) is 0.250. The van der Waals surface area contributed by atoms with Crippen molar-refractivity contribution in [3.8, 4) is 0 Å². The summed E-state index contributed by atoms with van der Waals surface area (Å²) in [7, 11) is 3.87. The van der Waals surface area contributed by atoms with Gasteiger partial charge < -0.3 is 16.0 Å². The molecule has 0 saturated carbocycles. The van der Waals surface area contributed by atoms with Gasteiger partial charge in [0.2, 0.25) is 0 Å². The zero-order valence-electron chi connectivity index (χ0n) is 12.3. The standard InChI is InChI=1S/C16H20N4O/c1-20(2)15-5-3-4-14(19-15)11-18-16(21)13-8-6-12(10-17)7-9-13/h3-9H,10-11,17H2,1-2H3,(H,18,21). The highest BCUT2D eigenvalue weighted by atomic mass is 16.1. The van der Waals surface area contributed by atoms with E-state index in [0.717, 1.165) is 17.1 Å². The number of hydrogen-bond donors (Lipinski definition) is 2. The van der Waals surface area contributed by atoms with Crippen LogP contribution in [0.4, 0.5) is 5.82 Å². The Bertz CT molecular complexity index is 608. The van der Waals surface area contributed by atoms with Gasteiger partial charge in [0.05, 0.1) is 12.2 Å². The molecular weight excluding hydrogens is 264 g/mol. The van der Waals surface area contributed by atoms with E-state index in [9.17, 15) is 4.79 Å². The topological polar surface area (TPSA) is 71.2 Å². The Hall–Kier alpha value is -2.40. The molecule has 0 atom stereocenters. The van der Waals surface area contributed by atoms with Crippen LogP contribution in [-0.2, 0) is 13.1 Å². The number of pyridine rings is 1. The largest absolute Gasteiger partial charge is 0.363 e. The lowest BCUT2D eigenvalue weighted by atomic mass is 10.1. The van der Waals surface area contributed by atoms with E-state index in [2.05, 4.69) is 10.3 Å². The van der Waals surface area contributed by atoms with Crippen molar-refractivity contribution in [1.82, 2.24) is 10.3 Å². The van der Waals surface area contributed by atoms with Gasteiger partial charge in [-0.05, 0) is 29.8 Å². The molecule has 0 fully saturated rings. The third-order valence-corrected chi connectivity index (χ3v) is 3.13. The number of rotatable bonds is 5. The van der Waals surface area contributed by atoms with Crippen LogP contribution < -0.4 is 16.0 Å². The van der Waals surface area contributed by atoms with Gasteiger partial charge in [0.1, 0.15) is 5.82 Å². The van der Waals surface area contributed by atoms with Crippen LogP contribution in [0, 0.1) is 0 Å². The van der Waals surface area contributed by atoms with Crippen LogP contribution in [-0.4, -0.2) is 25.0 Å². The molecule has 0 spiro atoms. The molecule has 1 amide bonds. The number of aromatic nitrogens is 1. The van der Waals surface area contributed by atoms with Crippen LogP contribution in [0.5, 0.6) is 0 Å². The summed E-state index contributed by atoms with van der Waals surface area (Å²) in [6, 6.07) is 13.0. The highest BCUT2D eigenvalue weighted by molar-refractivity contribution is 5.94. The van der Waals surface area contributed by atoms with Crippen LogP contribution >= 0.6 is 0 Å². The van der Waals surface area contributed by atoms with Crippen LogP contribution in [0.1, 0.15) is 21.6 Å². The Labute approximate surface area is 124 Å². The van der Waals surface area contributed by atoms with Crippen molar-refractivity contribution in [2.45, 2.75) is 13.1 Å². The predicted octanol–water partition coefficient (Wildman–Crippen LogP) is 1.54. The zero-order chi connectivity index (χ0) is 15.2. The fourth-order valence-electron chi connectivity index (χ4n) is 1.88. The summed E-state index contributed by atoms with van der Waals surface area (Å²) in [4.78, 5) is 18.4. The predicted molar refractivity (Wildman–Crippen MR) is 84.1 cm³/mol. The molecule has 5 heteroatoms. The van der Waals surface area contributed by atoms with E-state index in [1.165, 1.54) is 0 Å². The Morgan fingerprint density at radius 2 is 1.90 bits per heavy atom. The van der Waals surface area contributed by atoms with Gasteiger partial charge in [0, 0.05) is 26.2 Å². The van der Waals surface area contributed by atoms with Crippen molar-refractivity contribution in [2.75, 3.05) is 19.0 Å². The first-order valence-corrected chi connectivity index (χ1v) is 6.80. The molecule has 0 unspecified atom stereocenters. The number of nitrogens with one attached hydrogen (secondary N) is 1. The zero-order valence-corrected chi connectivity index (χ0v) is 12.3. The first-order valence-electron chi connectivity index (χ1n) is 6.80. The van der Waals surface area contributed by atoms with Crippen LogP contribution in [0.15, 0.2) is 42.5 Å². The lowest BCUT2D eigenvalue weighted by Gasteiger charge is -2.12. The maximum atomic E-state index is 12.1. The monoisotopic (exact) mass is 284 g/mol. The number of nitrogens with two attached hydrogens (primary N) is 1. The van der Waals surface area contributed by atoms with E-state index < -0.39 is 0 Å². The lowest BCUT2D eigenvalue weighted by Crippen LogP contribution is -2.23. The normalized spacial score (nSPS) is 10.2. The van der Waals surface area contributed by atoms with E-state index in [4.69, 9.17) is 5.73 Å². The quantitative estimate of drug-likeness (QED) is 0.873. The molecule has 1 aromatic carbocycles. The summed E-state index contributed by atoms with van der Waals surface area (Å²) >= 11 is 0. The molecule has 3 N–H and O–H groups in total. The van der Waals surface area contributed by atoms with Gasteiger partial charge >= 0.3 is 0 Å². The van der Waals surface area contributed by atoms with E-state index in [1.54, 1.807) is 12.1 Å². The molecule has 0 radical (unpaired) electrons. The maximum absolute atomic E-state index is 12.1. The summed E-state index contributed by atoms with van der Waals surface area (Å²) in [6.07, 6.45) is 0. The molecule has 0 aliphatic heterocycles. The summed E-state index contributed by atoms with van der Waals surface area (Å²) in [5.41, 5.74) is 7.99. The Morgan fingerprint density at radius 1 is 1.19 bits per heavy atom. The van der Waals surface area contributed by atoms with E-state index in [1.807, 2.05) is 49.3 Å². The molecule has 21 heavy (non-hydrogen) atoms. The molecule has 5 nitrogen and oxygen atoms in total. The number of hydrogen-bond acceptors (Lipinski definition) is 4. The third-order valence-electron chi connectivity index (χ3n) is 3.13. The van der Waals surface area contributed by atoms with E-state index in [0.29, 0.717) is 18.7 Å². The van der Waals surface area contributed by atoms with Crippen molar-refractivity contribution < 1.29 is 4.79 Å². The van der Waals surface area contributed by atoms with Gasteiger partial charge in [-0.2, -0.15) is 0 Å². The third kappa shape index (κ3) is 4.03. The molecule has 0 saturated heterocycles. The second-order valence-corrected chi connectivity index (χ2v) is 4.97. The van der Waals surface area contributed by atoms with Crippen molar-refractivity contribution in [2.24, 2.45) is 5.73 Å². The fourth-order valence-corrected chi connectivity index (χ4v) is 1.88. The highest BCUT2D eigenvalue weighted by Crippen LogP contribution is 2.08. The summed E-state index contributed by atoms with van der Waals surface area (Å²) < 4.78 is 0. The number of carbonyl (C=O) groups excluding carboxylic acids is 1. The first-order chi connectivity index (χ1) is 10.1. The molecule has 1 heterocycles. The number of anilines is 1. The van der Waals surface area contributed by atoms with E-state index in [-0.39, 0.29) is 5.91 Å². The second-order valence-electron chi connectivity index (χ2n) is 4.97. The minimum atomic E-state index is -0.115. The SMILES string of the molecule is CN(C)c1cccc(CNC(=O)c2ccc(CN)cc2)n1. The lowest BCUT2D eigenvalue weighted by molar-refractivity contribution is 0.0950. The Morgan fingerprint density at radius 3 is 2.52 bits per heavy atom. The number of carbonyl (C=O) groups is 1. The molecular formula is C16H20N4O. The average Bonchev–Trinajstić information content (AvgIpc) is 2.53. The van der Waals surface area contributed by atoms with E-state index >= 15 is 0 Å². The Kier molecular flexibility index (Phi) is 4.90. The van der Waals surface area contributed by atoms with Gasteiger partial charge in [-0.15, -0.1) is 0 Å². The molecule has 0 bridgehead atoms. The van der Waals surface area contributed by atoms with Crippen molar-refractivity contribution in [1.29, 1.82) is 0 Å².